The Balaban J connectivity index is 1.78. The molecular weight excluding hydrogens is 354 g/mol. The summed E-state index contributed by atoms with van der Waals surface area (Å²) in [6.07, 6.45) is 8.20. The second kappa shape index (κ2) is 6.24. The van der Waals surface area contributed by atoms with Gasteiger partial charge in [0.1, 0.15) is 5.78 Å². The van der Waals surface area contributed by atoms with Gasteiger partial charge in [-0.2, -0.15) is 0 Å². The first kappa shape index (κ1) is 19.8. The lowest BCUT2D eigenvalue weighted by Crippen LogP contribution is -2.57. The zero-order valence-electron chi connectivity index (χ0n) is 17.6. The van der Waals surface area contributed by atoms with Crippen molar-refractivity contribution in [3.8, 4) is 0 Å². The topological polar surface area (TPSA) is 77.3 Å². The van der Waals surface area contributed by atoms with Crippen molar-refractivity contribution in [2.45, 2.75) is 85.1 Å². The van der Waals surface area contributed by atoms with E-state index < -0.39 is 6.04 Å². The first-order valence-electron chi connectivity index (χ1n) is 11.0. The van der Waals surface area contributed by atoms with Gasteiger partial charge in [-0.3, -0.25) is 19.7 Å². The van der Waals surface area contributed by atoms with E-state index in [0.717, 1.165) is 44.1 Å². The maximum absolute atomic E-state index is 12.8. The summed E-state index contributed by atoms with van der Waals surface area (Å²) in [5.41, 5.74) is 0.207. The lowest BCUT2D eigenvalue weighted by atomic mass is 9.44. The minimum absolute atomic E-state index is 0.0425. The van der Waals surface area contributed by atoms with Crippen LogP contribution in [0.3, 0.4) is 0 Å². The molecule has 0 aromatic carbocycles. The molecule has 4 aliphatic carbocycles. The second-order valence-electron chi connectivity index (χ2n) is 10.4. The first-order chi connectivity index (χ1) is 13.1. The van der Waals surface area contributed by atoms with E-state index in [1.54, 1.807) is 13.0 Å². The average Bonchev–Trinajstić information content (AvgIpc) is 2.95. The van der Waals surface area contributed by atoms with E-state index in [9.17, 15) is 19.7 Å². The Morgan fingerprint density at radius 3 is 2.50 bits per heavy atom. The monoisotopic (exact) mass is 387 g/mol. The summed E-state index contributed by atoms with van der Waals surface area (Å²) < 4.78 is 0. The molecule has 0 saturated heterocycles. The highest BCUT2D eigenvalue weighted by Gasteiger charge is 2.67. The van der Waals surface area contributed by atoms with Gasteiger partial charge >= 0.3 is 0 Å². The molecule has 4 rings (SSSR count). The van der Waals surface area contributed by atoms with Gasteiger partial charge in [-0.05, 0) is 80.1 Å². The number of carbonyl (C=O) groups excluding carboxylic acids is 2. The molecule has 0 aromatic rings. The molecule has 0 spiro atoms. The van der Waals surface area contributed by atoms with Crippen LogP contribution in [-0.2, 0) is 9.59 Å². The Hall–Kier alpha value is -1.52. The standard InChI is InChI=1S/C23H33NO4/c1-5-23(14(2)25)11-8-18-16-13-20(24(27)28)19-12-15(26)6-9-21(19,3)17(16)7-10-22(18,23)4/h12,16-18,20H,5-11,13H2,1-4H3. The van der Waals surface area contributed by atoms with E-state index in [0.29, 0.717) is 30.5 Å². The van der Waals surface area contributed by atoms with Crippen molar-refractivity contribution in [2.75, 3.05) is 0 Å². The van der Waals surface area contributed by atoms with Crippen LogP contribution in [0.4, 0.5) is 0 Å². The van der Waals surface area contributed by atoms with Crippen LogP contribution < -0.4 is 0 Å². The molecule has 7 atom stereocenters. The van der Waals surface area contributed by atoms with Crippen LogP contribution >= 0.6 is 0 Å². The van der Waals surface area contributed by atoms with Gasteiger partial charge in [0.15, 0.2) is 5.78 Å². The van der Waals surface area contributed by atoms with Crippen molar-refractivity contribution in [3.05, 3.63) is 21.8 Å². The maximum atomic E-state index is 12.8. The zero-order valence-corrected chi connectivity index (χ0v) is 17.6. The van der Waals surface area contributed by atoms with E-state index in [-0.39, 0.29) is 32.9 Å². The molecule has 0 amide bonds. The van der Waals surface area contributed by atoms with Gasteiger partial charge in [-0.15, -0.1) is 0 Å². The number of Topliss-reactive ketones (excluding diaryl/α,β-unsaturated/α-hetero) is 1. The van der Waals surface area contributed by atoms with Crippen LogP contribution in [0.15, 0.2) is 11.6 Å². The molecule has 28 heavy (non-hydrogen) atoms. The first-order valence-corrected chi connectivity index (χ1v) is 11.0. The number of fused-ring (bicyclic) bond motifs is 5. The molecule has 0 radical (unpaired) electrons. The largest absolute Gasteiger partial charge is 0.299 e. The summed E-state index contributed by atoms with van der Waals surface area (Å²) >= 11 is 0. The van der Waals surface area contributed by atoms with Crippen LogP contribution in [0, 0.1) is 44.1 Å². The summed E-state index contributed by atoms with van der Waals surface area (Å²) in [5.74, 6) is 1.38. The fourth-order valence-corrected chi connectivity index (χ4v) is 8.35. The van der Waals surface area contributed by atoms with E-state index >= 15 is 0 Å². The van der Waals surface area contributed by atoms with Crippen LogP contribution in [-0.4, -0.2) is 22.5 Å². The molecule has 3 fully saturated rings. The molecule has 5 nitrogen and oxygen atoms in total. The Morgan fingerprint density at radius 2 is 1.89 bits per heavy atom. The molecule has 5 heteroatoms. The highest BCUT2D eigenvalue weighted by atomic mass is 16.6. The predicted octanol–water partition coefficient (Wildman–Crippen LogP) is 4.76. The molecule has 0 heterocycles. The van der Waals surface area contributed by atoms with Crippen LogP contribution in [0.1, 0.15) is 79.1 Å². The van der Waals surface area contributed by atoms with Gasteiger partial charge in [0.05, 0.1) is 0 Å². The summed E-state index contributed by atoms with van der Waals surface area (Å²) in [7, 11) is 0. The number of hydrogen-bond donors (Lipinski definition) is 0. The summed E-state index contributed by atoms with van der Waals surface area (Å²) in [5, 5.41) is 12.0. The van der Waals surface area contributed by atoms with Gasteiger partial charge in [0.2, 0.25) is 6.04 Å². The van der Waals surface area contributed by atoms with Crippen molar-refractivity contribution in [1.29, 1.82) is 0 Å². The number of rotatable bonds is 3. The van der Waals surface area contributed by atoms with Gasteiger partial charge in [0, 0.05) is 28.8 Å². The van der Waals surface area contributed by atoms with Crippen molar-refractivity contribution in [1.82, 2.24) is 0 Å². The molecule has 4 aliphatic rings. The van der Waals surface area contributed by atoms with Crippen molar-refractivity contribution >= 4 is 11.6 Å². The fraction of sp³-hybridized carbons (Fsp3) is 0.826. The van der Waals surface area contributed by atoms with Crippen molar-refractivity contribution < 1.29 is 14.5 Å². The molecule has 0 N–H and O–H groups in total. The number of ketones is 2. The molecule has 0 aliphatic heterocycles. The number of hydrogen-bond acceptors (Lipinski definition) is 4. The van der Waals surface area contributed by atoms with E-state index in [4.69, 9.17) is 0 Å². The highest BCUT2D eigenvalue weighted by Crippen LogP contribution is 2.70. The maximum Gasteiger partial charge on any atom is 0.235 e. The molecule has 3 saturated carbocycles. The van der Waals surface area contributed by atoms with Crippen LogP contribution in [0.25, 0.3) is 0 Å². The summed E-state index contributed by atoms with van der Waals surface area (Å²) in [6, 6.07) is -0.744. The molecule has 0 bridgehead atoms. The summed E-state index contributed by atoms with van der Waals surface area (Å²) in [6.45, 7) is 8.36. The Kier molecular flexibility index (Phi) is 4.41. The molecule has 154 valence electrons. The van der Waals surface area contributed by atoms with E-state index in [2.05, 4.69) is 20.8 Å². The Bertz CT molecular complexity index is 773. The second-order valence-corrected chi connectivity index (χ2v) is 10.4. The van der Waals surface area contributed by atoms with E-state index in [1.807, 2.05) is 0 Å². The van der Waals surface area contributed by atoms with Crippen molar-refractivity contribution in [3.63, 3.8) is 0 Å². The van der Waals surface area contributed by atoms with Crippen LogP contribution in [0.2, 0.25) is 0 Å². The minimum Gasteiger partial charge on any atom is -0.299 e. The van der Waals surface area contributed by atoms with E-state index in [1.165, 1.54) is 0 Å². The summed E-state index contributed by atoms with van der Waals surface area (Å²) in [4.78, 5) is 36.7. The van der Waals surface area contributed by atoms with Gasteiger partial charge in [0.25, 0.3) is 0 Å². The van der Waals surface area contributed by atoms with Crippen molar-refractivity contribution in [2.24, 2.45) is 34.0 Å². The third-order valence-electron chi connectivity index (χ3n) is 9.87. The number of carbonyl (C=O) groups is 2. The van der Waals surface area contributed by atoms with Crippen LogP contribution in [0.5, 0.6) is 0 Å². The Labute approximate surface area is 167 Å². The third kappa shape index (κ3) is 2.31. The smallest absolute Gasteiger partial charge is 0.235 e. The molecular formula is C23H33NO4. The van der Waals surface area contributed by atoms with Gasteiger partial charge < -0.3 is 0 Å². The predicted molar refractivity (Wildman–Crippen MR) is 106 cm³/mol. The Morgan fingerprint density at radius 1 is 1.21 bits per heavy atom. The highest BCUT2D eigenvalue weighted by molar-refractivity contribution is 5.92. The molecule has 7 unspecified atom stereocenters. The SMILES string of the molecule is CCC1(C(C)=O)CCC2C3CC([N+](=O)[O-])C4=CC(=O)CCC4(C)C3CCC21C. The normalized spacial score (nSPS) is 47.6. The lowest BCUT2D eigenvalue weighted by Gasteiger charge is -2.59. The van der Waals surface area contributed by atoms with Gasteiger partial charge in [-0.25, -0.2) is 0 Å². The van der Waals surface area contributed by atoms with Gasteiger partial charge in [-0.1, -0.05) is 20.8 Å². The number of nitro groups is 1. The third-order valence-corrected chi connectivity index (χ3v) is 9.87. The lowest BCUT2D eigenvalue weighted by molar-refractivity contribution is -0.520. The minimum atomic E-state index is -0.744. The zero-order chi connectivity index (χ0) is 20.5. The molecule has 0 aromatic heterocycles. The number of nitrogens with zero attached hydrogens (tertiary/aromatic N) is 1. The fourth-order valence-electron chi connectivity index (χ4n) is 8.35. The average molecular weight is 388 g/mol. The quantitative estimate of drug-likeness (QED) is 0.517.